The van der Waals surface area contributed by atoms with Gasteiger partial charge >= 0.3 is 0 Å². The number of aromatic nitrogens is 2. The number of nitrogens with zero attached hydrogens (tertiary/aromatic N) is 2. The van der Waals surface area contributed by atoms with Crippen molar-refractivity contribution in [1.29, 1.82) is 0 Å². The van der Waals surface area contributed by atoms with Crippen molar-refractivity contribution in [1.82, 2.24) is 9.97 Å². The van der Waals surface area contributed by atoms with Gasteiger partial charge in [0.15, 0.2) is 0 Å². The average molecular weight is 227 g/mol. The fraction of sp³-hybridized carbons (Fsp3) is 0.231. The molecule has 0 radical (unpaired) electrons. The van der Waals surface area contributed by atoms with Crippen LogP contribution >= 0.6 is 0 Å². The highest BCUT2D eigenvalue weighted by atomic mass is 16.3. The summed E-state index contributed by atoms with van der Waals surface area (Å²) in [6.45, 7) is 0. The zero-order valence-corrected chi connectivity index (χ0v) is 9.35. The lowest BCUT2D eigenvalue weighted by atomic mass is 10.0. The Kier molecular flexibility index (Phi) is 2.21. The van der Waals surface area contributed by atoms with Crippen LogP contribution in [0.5, 0.6) is 5.88 Å². The van der Waals surface area contributed by atoms with E-state index in [-0.39, 0.29) is 11.8 Å². The van der Waals surface area contributed by atoms with Crippen LogP contribution in [0.4, 0.5) is 5.95 Å². The maximum atomic E-state index is 9.86. The summed E-state index contributed by atoms with van der Waals surface area (Å²) >= 11 is 0. The molecule has 4 nitrogen and oxygen atoms in total. The summed E-state index contributed by atoms with van der Waals surface area (Å²) in [5.74, 6) is 0.141. The number of fused-ring (bicyclic) bond motifs is 3. The second-order valence-corrected chi connectivity index (χ2v) is 4.24. The van der Waals surface area contributed by atoms with Crippen LogP contribution in [0, 0.1) is 0 Å². The topological polar surface area (TPSA) is 72.0 Å². The van der Waals surface area contributed by atoms with Gasteiger partial charge in [-0.25, -0.2) is 4.98 Å². The fourth-order valence-electron chi connectivity index (χ4n) is 2.37. The Labute approximate surface area is 99.2 Å². The monoisotopic (exact) mass is 227 g/mol. The van der Waals surface area contributed by atoms with E-state index < -0.39 is 0 Å². The lowest BCUT2D eigenvalue weighted by Crippen LogP contribution is -2.01. The van der Waals surface area contributed by atoms with Gasteiger partial charge in [-0.15, -0.1) is 0 Å². The second kappa shape index (κ2) is 3.73. The molecule has 0 saturated heterocycles. The molecule has 0 saturated carbocycles. The second-order valence-electron chi connectivity index (χ2n) is 4.24. The van der Waals surface area contributed by atoms with Crippen LogP contribution in [0.2, 0.25) is 0 Å². The Balaban J connectivity index is 2.32. The molecule has 1 aromatic carbocycles. The van der Waals surface area contributed by atoms with E-state index in [1.54, 1.807) is 0 Å². The van der Waals surface area contributed by atoms with E-state index in [1.165, 1.54) is 5.56 Å². The quantitative estimate of drug-likeness (QED) is 0.721. The summed E-state index contributed by atoms with van der Waals surface area (Å²) in [6, 6.07) is 8.11. The van der Waals surface area contributed by atoms with Gasteiger partial charge in [0.1, 0.15) is 0 Å². The maximum Gasteiger partial charge on any atom is 0.223 e. The number of rotatable bonds is 0. The van der Waals surface area contributed by atoms with Crippen molar-refractivity contribution in [3.05, 3.63) is 35.4 Å². The number of aromatic hydroxyl groups is 1. The summed E-state index contributed by atoms with van der Waals surface area (Å²) in [5.41, 5.74) is 9.51. The van der Waals surface area contributed by atoms with Crippen LogP contribution in [0.1, 0.15) is 17.5 Å². The van der Waals surface area contributed by atoms with Crippen LogP contribution in [0.15, 0.2) is 24.3 Å². The van der Waals surface area contributed by atoms with E-state index in [1.807, 2.05) is 18.2 Å². The molecule has 0 atom stereocenters. The summed E-state index contributed by atoms with van der Waals surface area (Å²) in [4.78, 5) is 8.11. The number of anilines is 1. The average Bonchev–Trinajstić information content (AvgIpc) is 2.49. The normalized spacial score (nSPS) is 13.6. The molecule has 1 aromatic heterocycles. The molecular formula is C13H13N3O. The first-order chi connectivity index (χ1) is 8.25. The number of nitrogen functional groups attached to an aromatic ring is 1. The van der Waals surface area contributed by atoms with Gasteiger partial charge in [0.05, 0.1) is 5.69 Å². The van der Waals surface area contributed by atoms with Crippen LogP contribution in [0.3, 0.4) is 0 Å². The van der Waals surface area contributed by atoms with E-state index in [0.29, 0.717) is 0 Å². The van der Waals surface area contributed by atoms with Crippen molar-refractivity contribution in [2.24, 2.45) is 0 Å². The maximum absolute atomic E-state index is 9.86. The zero-order valence-electron chi connectivity index (χ0n) is 9.35. The SMILES string of the molecule is Nc1nc(O)c2c(n1)-c1ccccc1CCC2. The van der Waals surface area contributed by atoms with Crippen molar-refractivity contribution in [2.45, 2.75) is 19.3 Å². The van der Waals surface area contributed by atoms with E-state index in [4.69, 9.17) is 5.73 Å². The Hall–Kier alpha value is -2.10. The highest BCUT2D eigenvalue weighted by Gasteiger charge is 2.19. The van der Waals surface area contributed by atoms with Gasteiger partial charge in [0.25, 0.3) is 0 Å². The van der Waals surface area contributed by atoms with E-state index >= 15 is 0 Å². The molecule has 0 unspecified atom stereocenters. The molecule has 17 heavy (non-hydrogen) atoms. The van der Waals surface area contributed by atoms with Crippen molar-refractivity contribution in [3.63, 3.8) is 0 Å². The minimum absolute atomic E-state index is 0.0178. The summed E-state index contributed by atoms with van der Waals surface area (Å²) < 4.78 is 0. The molecule has 3 rings (SSSR count). The number of hydrogen-bond acceptors (Lipinski definition) is 4. The van der Waals surface area contributed by atoms with E-state index in [0.717, 1.165) is 36.1 Å². The van der Waals surface area contributed by atoms with Gasteiger partial charge in [-0.2, -0.15) is 4.98 Å². The highest BCUT2D eigenvalue weighted by Crippen LogP contribution is 2.34. The third-order valence-corrected chi connectivity index (χ3v) is 3.15. The van der Waals surface area contributed by atoms with Crippen molar-refractivity contribution in [3.8, 4) is 17.1 Å². The Morgan fingerprint density at radius 3 is 2.82 bits per heavy atom. The largest absolute Gasteiger partial charge is 0.493 e. The minimum Gasteiger partial charge on any atom is -0.493 e. The molecule has 2 aromatic rings. The Bertz CT molecular complexity index is 581. The van der Waals surface area contributed by atoms with E-state index in [9.17, 15) is 5.11 Å². The highest BCUT2D eigenvalue weighted by molar-refractivity contribution is 5.70. The van der Waals surface area contributed by atoms with Gasteiger partial charge in [-0.3, -0.25) is 0 Å². The Morgan fingerprint density at radius 1 is 1.12 bits per heavy atom. The first-order valence-corrected chi connectivity index (χ1v) is 5.69. The third kappa shape index (κ3) is 1.62. The summed E-state index contributed by atoms with van der Waals surface area (Å²) in [7, 11) is 0. The van der Waals surface area contributed by atoms with Crippen LogP contribution in [0.25, 0.3) is 11.3 Å². The molecule has 86 valence electrons. The fourth-order valence-corrected chi connectivity index (χ4v) is 2.37. The smallest absolute Gasteiger partial charge is 0.223 e. The number of aryl methyl sites for hydroxylation is 1. The molecule has 3 N–H and O–H groups in total. The van der Waals surface area contributed by atoms with Gasteiger partial charge in [-0.1, -0.05) is 24.3 Å². The molecule has 0 fully saturated rings. The van der Waals surface area contributed by atoms with Gasteiger partial charge in [0, 0.05) is 11.1 Å². The molecular weight excluding hydrogens is 214 g/mol. The van der Waals surface area contributed by atoms with Crippen LogP contribution in [-0.4, -0.2) is 15.1 Å². The molecule has 0 aliphatic heterocycles. The third-order valence-electron chi connectivity index (χ3n) is 3.15. The van der Waals surface area contributed by atoms with Gasteiger partial charge in [0.2, 0.25) is 11.8 Å². The molecule has 1 aliphatic rings. The van der Waals surface area contributed by atoms with Crippen molar-refractivity contribution >= 4 is 5.95 Å². The zero-order chi connectivity index (χ0) is 11.8. The van der Waals surface area contributed by atoms with Crippen LogP contribution in [-0.2, 0) is 12.8 Å². The molecule has 0 bridgehead atoms. The molecule has 0 spiro atoms. The first kappa shape index (κ1) is 10.1. The number of nitrogens with two attached hydrogens (primary N) is 1. The molecule has 0 amide bonds. The lowest BCUT2D eigenvalue weighted by molar-refractivity contribution is 0.445. The van der Waals surface area contributed by atoms with Gasteiger partial charge < -0.3 is 10.8 Å². The van der Waals surface area contributed by atoms with Gasteiger partial charge in [-0.05, 0) is 24.8 Å². The summed E-state index contributed by atoms with van der Waals surface area (Å²) in [5, 5.41) is 9.86. The predicted molar refractivity (Wildman–Crippen MR) is 65.6 cm³/mol. The van der Waals surface area contributed by atoms with Crippen molar-refractivity contribution < 1.29 is 5.11 Å². The number of benzene rings is 1. The molecule has 1 heterocycles. The van der Waals surface area contributed by atoms with E-state index in [2.05, 4.69) is 16.0 Å². The standard InChI is InChI=1S/C13H13N3O/c14-13-15-11-9-6-2-1-4-8(9)5-3-7-10(11)12(17)16-13/h1-2,4,6H,3,5,7H2,(H3,14,15,16,17). The molecule has 4 heteroatoms. The first-order valence-electron chi connectivity index (χ1n) is 5.69. The number of hydrogen-bond donors (Lipinski definition) is 2. The molecule has 1 aliphatic carbocycles. The van der Waals surface area contributed by atoms with Crippen LogP contribution < -0.4 is 5.73 Å². The van der Waals surface area contributed by atoms with Crippen molar-refractivity contribution in [2.75, 3.05) is 5.73 Å². The Morgan fingerprint density at radius 2 is 1.94 bits per heavy atom. The summed E-state index contributed by atoms with van der Waals surface area (Å²) in [6.07, 6.45) is 2.77. The minimum atomic E-state index is 0.0178. The lowest BCUT2D eigenvalue weighted by Gasteiger charge is -2.09. The predicted octanol–water partition coefficient (Wildman–Crippen LogP) is 1.92.